The molecule has 0 spiro atoms. The minimum atomic E-state index is -0.957. The van der Waals surface area contributed by atoms with Gasteiger partial charge in [-0.2, -0.15) is 0 Å². The molecule has 3 aromatic rings. The highest BCUT2D eigenvalue weighted by Crippen LogP contribution is 2.44. The fourth-order valence-corrected chi connectivity index (χ4v) is 3.49. The molecular formula is C24H17F2NO2. The second kappa shape index (κ2) is 8.15. The molecule has 1 aliphatic rings. The lowest BCUT2D eigenvalue weighted by Gasteiger charge is -2.14. The first-order valence-corrected chi connectivity index (χ1v) is 9.16. The van der Waals surface area contributed by atoms with Gasteiger partial charge in [-0.1, -0.05) is 60.4 Å². The Morgan fingerprint density at radius 1 is 0.931 bits per heavy atom. The van der Waals surface area contributed by atoms with E-state index in [1.165, 1.54) is 6.07 Å². The Bertz CT molecular complexity index is 1090. The van der Waals surface area contributed by atoms with E-state index in [0.29, 0.717) is 5.56 Å². The van der Waals surface area contributed by atoms with Crippen LogP contribution in [0.2, 0.25) is 0 Å². The third-order valence-corrected chi connectivity index (χ3v) is 4.82. The first kappa shape index (κ1) is 18.7. The molecule has 5 heteroatoms. The lowest BCUT2D eigenvalue weighted by molar-refractivity contribution is 0.144. The summed E-state index contributed by atoms with van der Waals surface area (Å²) in [6.07, 6.45) is -0.577. The van der Waals surface area contributed by atoms with E-state index in [4.69, 9.17) is 4.74 Å². The normalized spacial score (nSPS) is 11.8. The highest BCUT2D eigenvalue weighted by atomic mass is 19.2. The number of fused-ring (bicyclic) bond motifs is 3. The molecule has 0 bridgehead atoms. The third kappa shape index (κ3) is 3.97. The van der Waals surface area contributed by atoms with E-state index in [2.05, 4.69) is 41.4 Å². The molecule has 0 fully saturated rings. The predicted molar refractivity (Wildman–Crippen MR) is 106 cm³/mol. The maximum Gasteiger partial charge on any atom is 0.407 e. The van der Waals surface area contributed by atoms with Crippen molar-refractivity contribution in [2.45, 2.75) is 5.92 Å². The molecular weight excluding hydrogens is 372 g/mol. The van der Waals surface area contributed by atoms with Crippen LogP contribution in [0.15, 0.2) is 66.7 Å². The summed E-state index contributed by atoms with van der Waals surface area (Å²) in [5.41, 5.74) is 4.93. The predicted octanol–water partition coefficient (Wildman–Crippen LogP) is 4.86. The van der Waals surface area contributed by atoms with Crippen molar-refractivity contribution in [2.24, 2.45) is 0 Å². The number of rotatable bonds is 3. The Hall–Kier alpha value is -3.65. The molecule has 0 radical (unpaired) electrons. The molecule has 0 unspecified atom stereocenters. The van der Waals surface area contributed by atoms with Crippen LogP contribution in [-0.4, -0.2) is 19.2 Å². The number of halogens is 2. The molecule has 29 heavy (non-hydrogen) atoms. The number of hydrogen-bond acceptors (Lipinski definition) is 2. The van der Waals surface area contributed by atoms with Crippen molar-refractivity contribution in [3.05, 3.63) is 95.1 Å². The number of carbonyl (C=O) groups is 1. The molecule has 4 rings (SSSR count). The minimum absolute atomic E-state index is 0.0126. The van der Waals surface area contributed by atoms with Gasteiger partial charge in [0.05, 0.1) is 6.54 Å². The van der Waals surface area contributed by atoms with Gasteiger partial charge in [-0.25, -0.2) is 13.6 Å². The van der Waals surface area contributed by atoms with E-state index < -0.39 is 17.7 Å². The maximum absolute atomic E-state index is 13.1. The lowest BCUT2D eigenvalue weighted by Crippen LogP contribution is -2.26. The monoisotopic (exact) mass is 389 g/mol. The van der Waals surface area contributed by atoms with Crippen LogP contribution in [0.4, 0.5) is 13.6 Å². The average molecular weight is 389 g/mol. The zero-order valence-corrected chi connectivity index (χ0v) is 15.4. The van der Waals surface area contributed by atoms with Gasteiger partial charge in [0.2, 0.25) is 0 Å². The quantitative estimate of drug-likeness (QED) is 0.650. The first-order valence-electron chi connectivity index (χ1n) is 9.16. The topological polar surface area (TPSA) is 38.3 Å². The van der Waals surface area contributed by atoms with Crippen LogP contribution in [0.25, 0.3) is 11.1 Å². The number of carbonyl (C=O) groups excluding carboxylic acids is 1. The van der Waals surface area contributed by atoms with Crippen molar-refractivity contribution >= 4 is 6.09 Å². The van der Waals surface area contributed by atoms with E-state index in [-0.39, 0.29) is 19.1 Å². The molecule has 3 aromatic carbocycles. The average Bonchev–Trinajstić information content (AvgIpc) is 3.06. The lowest BCUT2D eigenvalue weighted by atomic mass is 9.98. The number of alkyl carbamates (subject to hydrolysis) is 1. The second-order valence-corrected chi connectivity index (χ2v) is 6.61. The Kier molecular flexibility index (Phi) is 5.26. The van der Waals surface area contributed by atoms with Crippen molar-refractivity contribution in [3.8, 4) is 23.0 Å². The maximum atomic E-state index is 13.1. The summed E-state index contributed by atoms with van der Waals surface area (Å²) in [4.78, 5) is 12.0. The molecule has 1 amide bonds. The molecule has 0 atom stereocenters. The number of amides is 1. The summed E-state index contributed by atoms with van der Waals surface area (Å²) in [7, 11) is 0. The highest BCUT2D eigenvalue weighted by molar-refractivity contribution is 5.79. The largest absolute Gasteiger partial charge is 0.449 e. The summed E-state index contributed by atoms with van der Waals surface area (Å²) in [5, 5.41) is 2.55. The van der Waals surface area contributed by atoms with Gasteiger partial charge in [0, 0.05) is 11.5 Å². The Labute approximate surface area is 167 Å². The fraction of sp³-hybridized carbons (Fsp3) is 0.125. The van der Waals surface area contributed by atoms with E-state index in [1.807, 2.05) is 24.3 Å². The van der Waals surface area contributed by atoms with E-state index in [9.17, 15) is 13.6 Å². The van der Waals surface area contributed by atoms with Crippen LogP contribution in [-0.2, 0) is 4.74 Å². The summed E-state index contributed by atoms with van der Waals surface area (Å²) < 4.78 is 31.4. The molecule has 0 aromatic heterocycles. The first-order chi connectivity index (χ1) is 14.1. The molecule has 1 aliphatic carbocycles. The van der Waals surface area contributed by atoms with Crippen molar-refractivity contribution < 1.29 is 18.3 Å². The fourth-order valence-electron chi connectivity index (χ4n) is 3.49. The number of benzene rings is 3. The SMILES string of the molecule is O=C(NCC#Cc1ccc(F)c(F)c1)OCC1c2ccccc2-c2ccccc21. The molecule has 1 N–H and O–H groups in total. The third-order valence-electron chi connectivity index (χ3n) is 4.82. The summed E-state index contributed by atoms with van der Waals surface area (Å²) in [6, 6.07) is 19.6. The molecule has 3 nitrogen and oxygen atoms in total. The Morgan fingerprint density at radius 2 is 1.59 bits per heavy atom. The molecule has 0 aliphatic heterocycles. The smallest absolute Gasteiger partial charge is 0.407 e. The van der Waals surface area contributed by atoms with E-state index in [1.54, 1.807) is 0 Å². The van der Waals surface area contributed by atoms with Crippen molar-refractivity contribution in [2.75, 3.05) is 13.2 Å². The van der Waals surface area contributed by atoms with Crippen LogP contribution in [0.3, 0.4) is 0 Å². The Morgan fingerprint density at radius 3 is 2.24 bits per heavy atom. The molecule has 0 saturated heterocycles. The molecule has 0 saturated carbocycles. The zero-order valence-electron chi connectivity index (χ0n) is 15.4. The van der Waals surface area contributed by atoms with Crippen LogP contribution < -0.4 is 5.32 Å². The minimum Gasteiger partial charge on any atom is -0.449 e. The summed E-state index contributed by atoms with van der Waals surface area (Å²) >= 11 is 0. The zero-order chi connectivity index (χ0) is 20.2. The van der Waals surface area contributed by atoms with Crippen molar-refractivity contribution in [1.29, 1.82) is 0 Å². The Balaban J connectivity index is 1.35. The standard InChI is InChI=1S/C24H17F2NO2/c25-22-12-11-16(14-23(22)26)6-5-13-27-24(28)29-15-21-19-9-3-1-7-17(19)18-8-2-4-10-20(18)21/h1-4,7-12,14,21H,13,15H2,(H,27,28). The van der Waals surface area contributed by atoms with Gasteiger partial charge < -0.3 is 10.1 Å². The molecule has 0 heterocycles. The second-order valence-electron chi connectivity index (χ2n) is 6.61. The van der Waals surface area contributed by atoms with E-state index in [0.717, 1.165) is 34.4 Å². The van der Waals surface area contributed by atoms with Gasteiger partial charge >= 0.3 is 6.09 Å². The summed E-state index contributed by atoms with van der Waals surface area (Å²) in [5.74, 6) is 3.46. The van der Waals surface area contributed by atoms with Gasteiger partial charge in [0.25, 0.3) is 0 Å². The van der Waals surface area contributed by atoms with Gasteiger partial charge in [0.15, 0.2) is 11.6 Å². The van der Waals surface area contributed by atoms with Gasteiger partial charge in [-0.05, 0) is 40.5 Å². The van der Waals surface area contributed by atoms with Crippen LogP contribution in [0.5, 0.6) is 0 Å². The number of nitrogens with one attached hydrogen (secondary N) is 1. The van der Waals surface area contributed by atoms with Crippen molar-refractivity contribution in [1.82, 2.24) is 5.32 Å². The van der Waals surface area contributed by atoms with Crippen LogP contribution in [0.1, 0.15) is 22.6 Å². The van der Waals surface area contributed by atoms with Crippen molar-refractivity contribution in [3.63, 3.8) is 0 Å². The molecule has 144 valence electrons. The highest BCUT2D eigenvalue weighted by Gasteiger charge is 2.28. The number of ether oxygens (including phenoxy) is 1. The van der Waals surface area contributed by atoms with Crippen LogP contribution in [0, 0.1) is 23.5 Å². The van der Waals surface area contributed by atoms with Gasteiger partial charge in [-0.15, -0.1) is 0 Å². The van der Waals surface area contributed by atoms with E-state index >= 15 is 0 Å². The van der Waals surface area contributed by atoms with Crippen LogP contribution >= 0.6 is 0 Å². The summed E-state index contributed by atoms with van der Waals surface area (Å²) in [6.45, 7) is 0.256. The number of hydrogen-bond donors (Lipinski definition) is 1. The van der Waals surface area contributed by atoms with Gasteiger partial charge in [-0.3, -0.25) is 0 Å². The van der Waals surface area contributed by atoms with Gasteiger partial charge in [0.1, 0.15) is 6.61 Å².